The molecule has 1 heterocycles. The van der Waals surface area contributed by atoms with Crippen molar-refractivity contribution in [2.45, 2.75) is 6.92 Å². The summed E-state index contributed by atoms with van der Waals surface area (Å²) in [6, 6.07) is 5.85. The van der Waals surface area contributed by atoms with Gasteiger partial charge in [0.25, 0.3) is 0 Å². The number of Topliss-reactive ketones (excluding diaryl/α,β-unsaturated/α-hetero) is 1. The molecule has 3 N–H and O–H groups in total. The number of nitrogens with one attached hydrogen (secondary N) is 1. The maximum Gasteiger partial charge on any atom is 0.171 e. The van der Waals surface area contributed by atoms with Crippen molar-refractivity contribution in [1.82, 2.24) is 0 Å². The molecule has 14 heavy (non-hydrogen) atoms. The highest BCUT2D eigenvalue weighted by atomic mass is 16.1. The third kappa shape index (κ3) is 1.30. The number of rotatable bonds is 1. The smallest absolute Gasteiger partial charge is 0.171 e. The number of anilines is 1. The molecule has 1 aromatic carbocycles. The van der Waals surface area contributed by atoms with Gasteiger partial charge in [-0.25, -0.2) is 0 Å². The first kappa shape index (κ1) is 9.21. The lowest BCUT2D eigenvalue weighted by Crippen LogP contribution is -2.35. The molecule has 0 bridgehead atoms. The second-order valence-corrected chi connectivity index (χ2v) is 3.68. The first-order chi connectivity index (χ1) is 6.74. The third-order valence-electron chi connectivity index (χ3n) is 2.71. The SMILES string of the molecule is Cc1cccc2c1C(=O)C(CN)CN2. The standard InChI is InChI=1S/C11H14N2O/c1-7-3-2-4-9-10(7)11(14)8(5-12)6-13-9/h2-4,8,13H,5-6,12H2,1H3. The summed E-state index contributed by atoms with van der Waals surface area (Å²) < 4.78 is 0. The second-order valence-electron chi connectivity index (χ2n) is 3.68. The Morgan fingerprint density at radius 2 is 2.36 bits per heavy atom. The van der Waals surface area contributed by atoms with Crippen LogP contribution in [0.3, 0.4) is 0 Å². The first-order valence-corrected chi connectivity index (χ1v) is 4.82. The van der Waals surface area contributed by atoms with Gasteiger partial charge in [-0.05, 0) is 18.6 Å². The van der Waals surface area contributed by atoms with E-state index in [0.717, 1.165) is 16.8 Å². The van der Waals surface area contributed by atoms with Crippen LogP contribution in [0.4, 0.5) is 5.69 Å². The van der Waals surface area contributed by atoms with Gasteiger partial charge in [-0.2, -0.15) is 0 Å². The van der Waals surface area contributed by atoms with Crippen LogP contribution in [0.1, 0.15) is 15.9 Å². The van der Waals surface area contributed by atoms with Crippen LogP contribution in [0, 0.1) is 12.8 Å². The minimum absolute atomic E-state index is 0.0661. The van der Waals surface area contributed by atoms with Crippen molar-refractivity contribution in [3.8, 4) is 0 Å². The molecular formula is C11H14N2O. The number of hydrogen-bond donors (Lipinski definition) is 2. The molecular weight excluding hydrogens is 176 g/mol. The molecule has 1 aromatic rings. The zero-order chi connectivity index (χ0) is 10.1. The summed E-state index contributed by atoms with van der Waals surface area (Å²) in [5.41, 5.74) is 8.32. The number of nitrogens with two attached hydrogens (primary N) is 1. The molecule has 0 aromatic heterocycles. The summed E-state index contributed by atoms with van der Waals surface area (Å²) in [7, 11) is 0. The molecule has 0 saturated heterocycles. The molecule has 1 aliphatic heterocycles. The molecule has 3 heteroatoms. The minimum atomic E-state index is -0.0661. The predicted molar refractivity (Wildman–Crippen MR) is 56.5 cm³/mol. The van der Waals surface area contributed by atoms with Crippen molar-refractivity contribution in [1.29, 1.82) is 0 Å². The summed E-state index contributed by atoms with van der Waals surface area (Å²) in [5.74, 6) is 0.114. The highest BCUT2D eigenvalue weighted by Crippen LogP contribution is 2.26. The van der Waals surface area contributed by atoms with E-state index in [1.54, 1.807) is 0 Å². The van der Waals surface area contributed by atoms with Gasteiger partial charge in [0.1, 0.15) is 0 Å². The predicted octanol–water partition coefficient (Wildman–Crippen LogP) is 1.18. The number of carbonyl (C=O) groups excluding carboxylic acids is 1. The quantitative estimate of drug-likeness (QED) is 0.699. The van der Waals surface area contributed by atoms with Crippen molar-refractivity contribution in [3.63, 3.8) is 0 Å². The van der Waals surface area contributed by atoms with Gasteiger partial charge >= 0.3 is 0 Å². The van der Waals surface area contributed by atoms with Gasteiger partial charge in [-0.3, -0.25) is 4.79 Å². The van der Waals surface area contributed by atoms with E-state index >= 15 is 0 Å². The normalized spacial score (nSPS) is 20.1. The van der Waals surface area contributed by atoms with Crippen molar-refractivity contribution < 1.29 is 4.79 Å². The highest BCUT2D eigenvalue weighted by Gasteiger charge is 2.26. The van der Waals surface area contributed by atoms with Crippen LogP contribution in [0.5, 0.6) is 0 Å². The van der Waals surface area contributed by atoms with E-state index in [-0.39, 0.29) is 11.7 Å². The Kier molecular flexibility index (Phi) is 2.25. The molecule has 0 spiro atoms. The maximum atomic E-state index is 11.9. The largest absolute Gasteiger partial charge is 0.384 e. The van der Waals surface area contributed by atoms with E-state index in [4.69, 9.17) is 5.73 Å². The molecule has 0 fully saturated rings. The Morgan fingerprint density at radius 1 is 1.57 bits per heavy atom. The number of aryl methyl sites for hydroxylation is 1. The lowest BCUT2D eigenvalue weighted by atomic mass is 9.90. The van der Waals surface area contributed by atoms with Crippen LogP contribution >= 0.6 is 0 Å². The van der Waals surface area contributed by atoms with E-state index in [0.29, 0.717) is 13.1 Å². The number of carbonyl (C=O) groups is 1. The van der Waals surface area contributed by atoms with Crippen LogP contribution in [-0.4, -0.2) is 18.9 Å². The molecule has 1 atom stereocenters. The Bertz CT molecular complexity index is 374. The van der Waals surface area contributed by atoms with E-state index in [1.807, 2.05) is 25.1 Å². The van der Waals surface area contributed by atoms with E-state index in [2.05, 4.69) is 5.32 Å². The summed E-state index contributed by atoms with van der Waals surface area (Å²) in [5, 5.41) is 3.23. The van der Waals surface area contributed by atoms with Crippen LogP contribution < -0.4 is 11.1 Å². The minimum Gasteiger partial charge on any atom is -0.384 e. The lowest BCUT2D eigenvalue weighted by molar-refractivity contribution is 0.0926. The molecule has 0 radical (unpaired) electrons. The van der Waals surface area contributed by atoms with Gasteiger partial charge in [-0.15, -0.1) is 0 Å². The first-order valence-electron chi connectivity index (χ1n) is 4.82. The number of fused-ring (bicyclic) bond motifs is 1. The topological polar surface area (TPSA) is 55.1 Å². The number of hydrogen-bond acceptors (Lipinski definition) is 3. The maximum absolute atomic E-state index is 11.9. The summed E-state index contributed by atoms with van der Waals surface area (Å²) >= 11 is 0. The monoisotopic (exact) mass is 190 g/mol. The third-order valence-corrected chi connectivity index (χ3v) is 2.71. The van der Waals surface area contributed by atoms with Gasteiger partial charge < -0.3 is 11.1 Å². The van der Waals surface area contributed by atoms with Gasteiger partial charge in [0, 0.05) is 24.3 Å². The Morgan fingerprint density at radius 3 is 3.07 bits per heavy atom. The summed E-state index contributed by atoms with van der Waals surface area (Å²) in [6.07, 6.45) is 0. The van der Waals surface area contributed by atoms with Gasteiger partial charge in [0.15, 0.2) is 5.78 Å². The fourth-order valence-electron chi connectivity index (χ4n) is 1.86. The average molecular weight is 190 g/mol. The Hall–Kier alpha value is -1.35. The lowest BCUT2D eigenvalue weighted by Gasteiger charge is -2.25. The van der Waals surface area contributed by atoms with Gasteiger partial charge in [-0.1, -0.05) is 12.1 Å². The molecule has 0 amide bonds. The summed E-state index contributed by atoms with van der Waals surface area (Å²) in [6.45, 7) is 3.03. The average Bonchev–Trinajstić information content (AvgIpc) is 2.18. The van der Waals surface area contributed by atoms with Crippen LogP contribution in [0.2, 0.25) is 0 Å². The Balaban J connectivity index is 2.48. The zero-order valence-corrected chi connectivity index (χ0v) is 8.21. The van der Waals surface area contributed by atoms with Crippen molar-refractivity contribution in [3.05, 3.63) is 29.3 Å². The summed E-state index contributed by atoms with van der Waals surface area (Å²) in [4.78, 5) is 11.9. The van der Waals surface area contributed by atoms with Crippen molar-refractivity contribution >= 4 is 11.5 Å². The molecule has 74 valence electrons. The zero-order valence-electron chi connectivity index (χ0n) is 8.21. The highest BCUT2D eigenvalue weighted by molar-refractivity contribution is 6.05. The van der Waals surface area contributed by atoms with E-state index in [1.165, 1.54) is 0 Å². The molecule has 0 aliphatic carbocycles. The fourth-order valence-corrected chi connectivity index (χ4v) is 1.86. The van der Waals surface area contributed by atoms with Gasteiger partial charge in [0.05, 0.1) is 5.92 Å². The van der Waals surface area contributed by atoms with E-state index < -0.39 is 0 Å². The van der Waals surface area contributed by atoms with Crippen LogP contribution in [0.15, 0.2) is 18.2 Å². The van der Waals surface area contributed by atoms with Crippen molar-refractivity contribution in [2.75, 3.05) is 18.4 Å². The van der Waals surface area contributed by atoms with Crippen molar-refractivity contribution in [2.24, 2.45) is 11.7 Å². The molecule has 2 rings (SSSR count). The van der Waals surface area contributed by atoms with Crippen LogP contribution in [-0.2, 0) is 0 Å². The van der Waals surface area contributed by atoms with Crippen LogP contribution in [0.25, 0.3) is 0 Å². The second kappa shape index (κ2) is 3.42. The molecule has 1 unspecified atom stereocenters. The molecule has 1 aliphatic rings. The van der Waals surface area contributed by atoms with Gasteiger partial charge in [0.2, 0.25) is 0 Å². The molecule has 0 saturated carbocycles. The fraction of sp³-hybridized carbons (Fsp3) is 0.364. The Labute approximate surface area is 83.3 Å². The number of benzene rings is 1. The number of ketones is 1. The van der Waals surface area contributed by atoms with E-state index in [9.17, 15) is 4.79 Å². The molecule has 3 nitrogen and oxygen atoms in total.